The van der Waals surface area contributed by atoms with Crippen molar-refractivity contribution >= 4 is 17.5 Å². The van der Waals surface area contributed by atoms with E-state index in [1.807, 2.05) is 30.5 Å². The number of imidazole rings is 1. The fourth-order valence-electron chi connectivity index (χ4n) is 4.00. The molecule has 0 aliphatic carbocycles. The summed E-state index contributed by atoms with van der Waals surface area (Å²) in [5.74, 6) is 0.279. The number of hydrogen-bond acceptors (Lipinski definition) is 3. The molecule has 0 bridgehead atoms. The van der Waals surface area contributed by atoms with E-state index in [9.17, 15) is 9.18 Å². The van der Waals surface area contributed by atoms with Crippen LogP contribution in [0.2, 0.25) is 5.02 Å². The van der Waals surface area contributed by atoms with Gasteiger partial charge in [0.05, 0.1) is 0 Å². The van der Waals surface area contributed by atoms with Crippen molar-refractivity contribution in [2.75, 3.05) is 20.2 Å². The van der Waals surface area contributed by atoms with Gasteiger partial charge in [0, 0.05) is 54.8 Å². The molecule has 3 aromatic rings. The average Bonchev–Trinajstić information content (AvgIpc) is 3.02. The van der Waals surface area contributed by atoms with E-state index in [4.69, 9.17) is 16.3 Å². The number of nitrogens with zero attached hydrogens (tertiary/aromatic N) is 3. The van der Waals surface area contributed by atoms with Gasteiger partial charge < -0.3 is 9.64 Å². The van der Waals surface area contributed by atoms with Crippen molar-refractivity contribution in [2.45, 2.75) is 25.9 Å². The number of halogens is 2. The minimum absolute atomic E-state index is 0.143. The number of carbonyl (C=O) groups is 1. The smallest absolute Gasteiger partial charge is 0.254 e. The molecule has 0 unspecified atom stereocenters. The normalized spacial score (nSPS) is 14.2. The van der Waals surface area contributed by atoms with Crippen molar-refractivity contribution in [3.8, 4) is 5.69 Å². The molecule has 4 rings (SSSR count). The molecule has 0 atom stereocenters. The summed E-state index contributed by atoms with van der Waals surface area (Å²) in [7, 11) is 1.65. The third-order valence-electron chi connectivity index (χ3n) is 5.56. The molecule has 1 aliphatic rings. The Kier molecular flexibility index (Phi) is 7.02. The van der Waals surface area contributed by atoms with E-state index >= 15 is 0 Å². The van der Waals surface area contributed by atoms with Gasteiger partial charge >= 0.3 is 0 Å². The van der Waals surface area contributed by atoms with E-state index < -0.39 is 5.82 Å². The highest BCUT2D eigenvalue weighted by molar-refractivity contribution is 6.30. The first-order valence-electron chi connectivity index (χ1n) is 10.6. The van der Waals surface area contributed by atoms with Gasteiger partial charge in [-0.3, -0.25) is 9.36 Å². The third-order valence-corrected chi connectivity index (χ3v) is 5.81. The first-order chi connectivity index (χ1) is 15.5. The second-order valence-corrected chi connectivity index (χ2v) is 8.25. The highest BCUT2D eigenvalue weighted by Crippen LogP contribution is 2.23. The van der Waals surface area contributed by atoms with E-state index in [2.05, 4.69) is 15.6 Å². The van der Waals surface area contributed by atoms with Crippen LogP contribution >= 0.6 is 11.6 Å². The van der Waals surface area contributed by atoms with E-state index in [-0.39, 0.29) is 5.91 Å². The molecule has 2 heterocycles. The number of carbonyl (C=O) groups excluding carboxylic acids is 1. The Morgan fingerprint density at radius 1 is 1.22 bits per heavy atom. The zero-order valence-electron chi connectivity index (χ0n) is 17.9. The molecule has 7 heteroatoms. The fraction of sp³-hybridized carbons (Fsp3) is 0.280. The van der Waals surface area contributed by atoms with Crippen LogP contribution < -0.4 is 0 Å². The van der Waals surface area contributed by atoms with Gasteiger partial charge in [-0.15, -0.1) is 0 Å². The molecule has 0 spiro atoms. The first kappa shape index (κ1) is 22.2. The molecule has 0 radical (unpaired) electrons. The van der Waals surface area contributed by atoms with Gasteiger partial charge in [-0.1, -0.05) is 29.3 Å². The van der Waals surface area contributed by atoms with Gasteiger partial charge in [-0.2, -0.15) is 0 Å². The summed E-state index contributed by atoms with van der Waals surface area (Å²) in [4.78, 5) is 19.1. The summed E-state index contributed by atoms with van der Waals surface area (Å²) in [5.41, 5.74) is 3.66. The van der Waals surface area contributed by atoms with Crippen LogP contribution in [0.5, 0.6) is 0 Å². The molecule has 0 N–H and O–H groups in total. The number of aromatic nitrogens is 2. The van der Waals surface area contributed by atoms with Crippen LogP contribution in [-0.2, 0) is 17.8 Å². The van der Waals surface area contributed by atoms with Crippen LogP contribution in [0.4, 0.5) is 4.39 Å². The summed E-state index contributed by atoms with van der Waals surface area (Å²) in [6.07, 6.45) is 6.45. The maximum Gasteiger partial charge on any atom is 0.254 e. The molecule has 0 saturated heterocycles. The lowest BCUT2D eigenvalue weighted by atomic mass is 10.1. The topological polar surface area (TPSA) is 47.4 Å². The molecule has 32 heavy (non-hydrogen) atoms. The minimum atomic E-state index is -0.399. The molecule has 1 aliphatic heterocycles. The van der Waals surface area contributed by atoms with Crippen LogP contribution in [0.3, 0.4) is 0 Å². The Hall–Kier alpha value is -2.96. The highest BCUT2D eigenvalue weighted by Gasteiger charge is 2.19. The number of ether oxygens (including phenoxy) is 1. The zero-order valence-corrected chi connectivity index (χ0v) is 18.7. The number of benzene rings is 2. The van der Waals surface area contributed by atoms with Gasteiger partial charge in [0.1, 0.15) is 18.2 Å². The Balaban J connectivity index is 1.54. The Morgan fingerprint density at radius 2 is 2.03 bits per heavy atom. The van der Waals surface area contributed by atoms with Gasteiger partial charge in [0.2, 0.25) is 0 Å². The maximum atomic E-state index is 13.5. The van der Waals surface area contributed by atoms with E-state index in [0.717, 1.165) is 36.5 Å². The predicted molar refractivity (Wildman–Crippen MR) is 123 cm³/mol. The molecular formula is C25H25ClFN3O2. The largest absolute Gasteiger partial charge is 0.377 e. The molecule has 1 aromatic heterocycles. The van der Waals surface area contributed by atoms with Gasteiger partial charge in [0.25, 0.3) is 5.91 Å². The van der Waals surface area contributed by atoms with Crippen molar-refractivity contribution in [3.63, 3.8) is 0 Å². The van der Waals surface area contributed by atoms with Crippen LogP contribution in [-0.4, -0.2) is 40.6 Å². The maximum absolute atomic E-state index is 13.5. The van der Waals surface area contributed by atoms with Gasteiger partial charge in [-0.05, 0) is 55.3 Å². The SMILES string of the molecule is COCc1ncc(CC2=CCN(C(=O)c3cccc(F)c3)CCC2)n1-c1ccc(Cl)cc1. The number of methoxy groups -OCH3 is 1. The number of rotatable bonds is 6. The number of hydrogen-bond donors (Lipinski definition) is 0. The van der Waals surface area contributed by atoms with E-state index in [1.54, 1.807) is 24.1 Å². The predicted octanol–water partition coefficient (Wildman–Crippen LogP) is 5.22. The molecular weight excluding hydrogens is 429 g/mol. The Labute approximate surface area is 192 Å². The number of allylic oxidation sites excluding steroid dienone is 1. The quantitative estimate of drug-likeness (QED) is 0.481. The third kappa shape index (κ3) is 5.09. The lowest BCUT2D eigenvalue weighted by molar-refractivity contribution is 0.0774. The second kappa shape index (κ2) is 10.1. The minimum Gasteiger partial charge on any atom is -0.377 e. The molecule has 0 saturated carbocycles. The van der Waals surface area contributed by atoms with Crippen LogP contribution in [0.15, 0.2) is 66.4 Å². The molecule has 2 aromatic carbocycles. The van der Waals surface area contributed by atoms with Crippen molar-refractivity contribution in [2.24, 2.45) is 0 Å². The summed E-state index contributed by atoms with van der Waals surface area (Å²) in [6.45, 7) is 1.54. The summed E-state index contributed by atoms with van der Waals surface area (Å²) in [6, 6.07) is 13.5. The summed E-state index contributed by atoms with van der Waals surface area (Å²) >= 11 is 6.07. The lowest BCUT2D eigenvalue weighted by Gasteiger charge is -2.19. The molecule has 0 fully saturated rings. The summed E-state index contributed by atoms with van der Waals surface area (Å²) in [5, 5.41) is 0.679. The van der Waals surface area contributed by atoms with Gasteiger partial charge in [-0.25, -0.2) is 9.37 Å². The highest BCUT2D eigenvalue weighted by atomic mass is 35.5. The van der Waals surface area contributed by atoms with Crippen LogP contribution in [0.1, 0.15) is 34.7 Å². The standard InChI is InChI=1S/C25H25ClFN3O2/c1-32-17-24-28-16-23(30(24)22-9-7-20(26)8-10-22)14-18-4-3-12-29(13-11-18)25(31)19-5-2-6-21(27)15-19/h2,5-11,15-16H,3-4,12-14,17H2,1H3. The van der Waals surface area contributed by atoms with Crippen LogP contribution in [0.25, 0.3) is 5.69 Å². The van der Waals surface area contributed by atoms with Crippen molar-refractivity contribution in [3.05, 3.63) is 94.3 Å². The average molecular weight is 454 g/mol. The number of amides is 1. The second-order valence-electron chi connectivity index (χ2n) is 7.81. The van der Waals surface area contributed by atoms with E-state index in [1.165, 1.54) is 17.7 Å². The van der Waals surface area contributed by atoms with Gasteiger partial charge in [0.15, 0.2) is 0 Å². The lowest BCUT2D eigenvalue weighted by Crippen LogP contribution is -2.31. The zero-order chi connectivity index (χ0) is 22.5. The Bertz CT molecular complexity index is 1120. The van der Waals surface area contributed by atoms with Crippen molar-refractivity contribution in [1.29, 1.82) is 0 Å². The van der Waals surface area contributed by atoms with Crippen LogP contribution in [0, 0.1) is 5.82 Å². The summed E-state index contributed by atoms with van der Waals surface area (Å²) < 4.78 is 21.0. The van der Waals surface area contributed by atoms with Crippen molar-refractivity contribution < 1.29 is 13.9 Å². The molecule has 166 valence electrons. The molecule has 5 nitrogen and oxygen atoms in total. The monoisotopic (exact) mass is 453 g/mol. The Morgan fingerprint density at radius 3 is 2.78 bits per heavy atom. The first-order valence-corrected chi connectivity index (χ1v) is 11.0. The molecule has 1 amide bonds. The van der Waals surface area contributed by atoms with Crippen molar-refractivity contribution in [1.82, 2.24) is 14.5 Å². The van der Waals surface area contributed by atoms with E-state index in [0.29, 0.717) is 30.3 Å². The fourth-order valence-corrected chi connectivity index (χ4v) is 4.13.